The molecule has 0 N–H and O–H groups in total. The molecule has 0 aliphatic heterocycles. The lowest BCUT2D eigenvalue weighted by Crippen LogP contribution is -2.10. The average molecular weight is 691 g/mol. The Hall–Kier alpha value is -7.30. The maximum atomic E-state index is 5.32. The van der Waals surface area contributed by atoms with Crippen molar-refractivity contribution < 1.29 is 0 Å². The number of fused-ring (bicyclic) bond motifs is 4. The molecule has 0 saturated heterocycles. The molecule has 54 heavy (non-hydrogen) atoms. The number of anilines is 3. The fourth-order valence-electron chi connectivity index (χ4n) is 7.68. The third kappa shape index (κ3) is 5.49. The highest BCUT2D eigenvalue weighted by Crippen LogP contribution is 2.44. The van der Waals surface area contributed by atoms with Crippen LogP contribution in [0.1, 0.15) is 0 Å². The summed E-state index contributed by atoms with van der Waals surface area (Å²) in [7, 11) is 0. The lowest BCUT2D eigenvalue weighted by Gasteiger charge is -2.26. The monoisotopic (exact) mass is 690 g/mol. The van der Waals surface area contributed by atoms with Gasteiger partial charge in [0.25, 0.3) is 0 Å². The van der Waals surface area contributed by atoms with E-state index in [9.17, 15) is 0 Å². The Labute approximate surface area is 313 Å². The summed E-state index contributed by atoms with van der Waals surface area (Å²) in [6, 6.07) is 72.5. The van der Waals surface area contributed by atoms with Crippen molar-refractivity contribution in [2.24, 2.45) is 0 Å². The summed E-state index contributed by atoms with van der Waals surface area (Å²) in [6.45, 7) is 0. The van der Waals surface area contributed by atoms with Gasteiger partial charge < -0.3 is 9.47 Å². The fraction of sp³-hybridized carbons (Fsp3) is 0. The lowest BCUT2D eigenvalue weighted by atomic mass is 10.0. The summed E-state index contributed by atoms with van der Waals surface area (Å²) < 4.78 is 2.37. The smallest absolute Gasteiger partial charge is 0.0973 e. The molecule has 0 bridgehead atoms. The van der Waals surface area contributed by atoms with Crippen LogP contribution in [0, 0.1) is 0 Å². The molecule has 0 spiro atoms. The van der Waals surface area contributed by atoms with Crippen LogP contribution in [0.15, 0.2) is 206 Å². The van der Waals surface area contributed by atoms with Gasteiger partial charge >= 0.3 is 0 Å². The molecule has 2 heterocycles. The third-order valence-corrected chi connectivity index (χ3v) is 10.2. The van der Waals surface area contributed by atoms with Gasteiger partial charge in [0.1, 0.15) is 0 Å². The van der Waals surface area contributed by atoms with Gasteiger partial charge in [0.05, 0.1) is 39.1 Å². The molecule has 0 fully saturated rings. The van der Waals surface area contributed by atoms with Crippen molar-refractivity contribution in [2.45, 2.75) is 0 Å². The van der Waals surface area contributed by atoms with Crippen molar-refractivity contribution in [2.75, 3.05) is 4.90 Å². The number of nitrogens with zero attached hydrogens (tertiary/aromatic N) is 4. The van der Waals surface area contributed by atoms with Gasteiger partial charge in [-0.15, -0.1) is 0 Å². The second-order valence-electron chi connectivity index (χ2n) is 13.4. The zero-order valence-corrected chi connectivity index (χ0v) is 29.4. The number of hydrogen-bond acceptors (Lipinski definition) is 3. The molecule has 0 unspecified atom stereocenters. The minimum absolute atomic E-state index is 0.845. The van der Waals surface area contributed by atoms with Crippen molar-refractivity contribution in [3.8, 4) is 39.3 Å². The predicted molar refractivity (Wildman–Crippen MR) is 225 cm³/mol. The zero-order valence-electron chi connectivity index (χ0n) is 29.4. The normalized spacial score (nSPS) is 11.3. The quantitative estimate of drug-likeness (QED) is 0.167. The summed E-state index contributed by atoms with van der Waals surface area (Å²) in [5, 5.41) is 2.36. The van der Waals surface area contributed by atoms with Gasteiger partial charge in [0.2, 0.25) is 0 Å². The first-order valence-corrected chi connectivity index (χ1v) is 18.3. The first-order chi connectivity index (χ1) is 26.8. The molecule has 4 heteroatoms. The Kier molecular flexibility index (Phi) is 7.77. The minimum Gasteiger partial charge on any atom is -0.310 e. The van der Waals surface area contributed by atoms with Crippen LogP contribution >= 0.6 is 0 Å². The second kappa shape index (κ2) is 13.4. The molecule has 0 saturated carbocycles. The number of rotatable bonds is 7. The SMILES string of the molecule is c1ccc(-c2ccc(N(c3ccccc3)c3cccc4c3c3ccccc3n4-c3ccc4nc(-c5ccccc5)c(-c5ccccc5)nc4c3)cc2)cc1. The maximum Gasteiger partial charge on any atom is 0.0973 e. The van der Waals surface area contributed by atoms with E-state index in [2.05, 4.69) is 191 Å². The standard InChI is InChI=1S/C50H34N4/c1-5-16-35(17-6-1)36-28-30-40(31-29-36)53(39-22-11-4-12-23-39)46-26-15-27-47-48(46)42-24-13-14-25-45(42)54(47)41-32-33-43-44(34-41)52-50(38-20-9-3-10-21-38)49(51-43)37-18-7-2-8-19-37/h1-34H. The van der Waals surface area contributed by atoms with Gasteiger partial charge in [-0.25, -0.2) is 9.97 Å². The van der Waals surface area contributed by atoms with E-state index < -0.39 is 0 Å². The van der Waals surface area contributed by atoms with Gasteiger partial charge in [0, 0.05) is 39.0 Å². The van der Waals surface area contributed by atoms with Crippen LogP contribution in [-0.4, -0.2) is 14.5 Å². The Morgan fingerprint density at radius 1 is 0.370 bits per heavy atom. The summed E-state index contributed by atoms with van der Waals surface area (Å²) in [5.41, 5.74) is 14.5. The molecule has 0 radical (unpaired) electrons. The van der Waals surface area contributed by atoms with Gasteiger partial charge in [-0.3, -0.25) is 0 Å². The highest BCUT2D eigenvalue weighted by Gasteiger charge is 2.22. The molecule has 254 valence electrons. The molecule has 2 aromatic heterocycles. The second-order valence-corrected chi connectivity index (χ2v) is 13.4. The molecular weight excluding hydrogens is 657 g/mol. The number of aromatic nitrogens is 3. The van der Waals surface area contributed by atoms with E-state index in [4.69, 9.17) is 9.97 Å². The van der Waals surface area contributed by atoms with Crippen LogP contribution in [-0.2, 0) is 0 Å². The van der Waals surface area contributed by atoms with Crippen molar-refractivity contribution in [3.05, 3.63) is 206 Å². The Bertz CT molecular complexity index is 2900. The predicted octanol–water partition coefficient (Wildman–Crippen LogP) is 13.2. The third-order valence-electron chi connectivity index (χ3n) is 10.2. The van der Waals surface area contributed by atoms with E-state index in [1.165, 1.54) is 21.9 Å². The van der Waals surface area contributed by atoms with Crippen LogP contribution in [0.3, 0.4) is 0 Å². The molecule has 8 aromatic carbocycles. The van der Waals surface area contributed by atoms with Crippen molar-refractivity contribution in [1.82, 2.24) is 14.5 Å². The van der Waals surface area contributed by atoms with Gasteiger partial charge in [-0.05, 0) is 71.8 Å². The zero-order chi connectivity index (χ0) is 35.8. The molecule has 0 atom stereocenters. The fourth-order valence-corrected chi connectivity index (χ4v) is 7.68. The van der Waals surface area contributed by atoms with Gasteiger partial charge in [-0.2, -0.15) is 0 Å². The van der Waals surface area contributed by atoms with E-state index in [1.54, 1.807) is 0 Å². The average Bonchev–Trinajstić information content (AvgIpc) is 3.60. The van der Waals surface area contributed by atoms with Crippen molar-refractivity contribution >= 4 is 49.9 Å². The topological polar surface area (TPSA) is 34.0 Å². The number of para-hydroxylation sites is 2. The van der Waals surface area contributed by atoms with Crippen LogP contribution in [0.5, 0.6) is 0 Å². The van der Waals surface area contributed by atoms with Crippen LogP contribution in [0.25, 0.3) is 72.2 Å². The van der Waals surface area contributed by atoms with E-state index in [0.717, 1.165) is 67.3 Å². The Morgan fingerprint density at radius 2 is 0.889 bits per heavy atom. The Balaban J connectivity index is 1.17. The van der Waals surface area contributed by atoms with Crippen molar-refractivity contribution in [1.29, 1.82) is 0 Å². The van der Waals surface area contributed by atoms with Crippen molar-refractivity contribution in [3.63, 3.8) is 0 Å². The number of hydrogen-bond donors (Lipinski definition) is 0. The molecular formula is C50H34N4. The molecule has 0 aliphatic carbocycles. The maximum absolute atomic E-state index is 5.32. The Morgan fingerprint density at radius 3 is 1.56 bits per heavy atom. The molecule has 0 aliphatic rings. The minimum atomic E-state index is 0.845. The van der Waals surface area contributed by atoms with E-state index in [1.807, 2.05) is 24.3 Å². The molecule has 10 rings (SSSR count). The van der Waals surface area contributed by atoms with Crippen LogP contribution in [0.2, 0.25) is 0 Å². The lowest BCUT2D eigenvalue weighted by molar-refractivity contribution is 1.18. The van der Waals surface area contributed by atoms with Gasteiger partial charge in [-0.1, -0.05) is 146 Å². The van der Waals surface area contributed by atoms with Gasteiger partial charge in [0.15, 0.2) is 0 Å². The van der Waals surface area contributed by atoms with Crippen LogP contribution < -0.4 is 4.90 Å². The summed E-state index contributed by atoms with van der Waals surface area (Å²) >= 11 is 0. The van der Waals surface area contributed by atoms with E-state index in [-0.39, 0.29) is 0 Å². The summed E-state index contributed by atoms with van der Waals surface area (Å²) in [6.07, 6.45) is 0. The van der Waals surface area contributed by atoms with E-state index in [0.29, 0.717) is 0 Å². The molecule has 4 nitrogen and oxygen atoms in total. The summed E-state index contributed by atoms with van der Waals surface area (Å²) in [5.74, 6) is 0. The first kappa shape index (κ1) is 31.4. The van der Waals surface area contributed by atoms with Crippen LogP contribution in [0.4, 0.5) is 17.1 Å². The number of benzene rings is 8. The highest BCUT2D eigenvalue weighted by atomic mass is 15.1. The van der Waals surface area contributed by atoms with E-state index >= 15 is 0 Å². The summed E-state index contributed by atoms with van der Waals surface area (Å²) in [4.78, 5) is 12.9. The molecule has 10 aromatic rings. The first-order valence-electron chi connectivity index (χ1n) is 18.3. The highest BCUT2D eigenvalue weighted by molar-refractivity contribution is 6.16. The largest absolute Gasteiger partial charge is 0.310 e. The molecule has 0 amide bonds.